The highest BCUT2D eigenvalue weighted by Gasteiger charge is 2.35. The van der Waals surface area contributed by atoms with E-state index in [4.69, 9.17) is 0 Å². The Bertz CT molecular complexity index is 803. The van der Waals surface area contributed by atoms with Crippen molar-refractivity contribution in [3.63, 3.8) is 0 Å². The molecule has 2 unspecified atom stereocenters. The molecule has 0 saturated carbocycles. The molecule has 0 aromatic carbocycles. The lowest BCUT2D eigenvalue weighted by Crippen LogP contribution is -2.15. The van der Waals surface area contributed by atoms with Crippen molar-refractivity contribution >= 4 is 0 Å². The number of hydrogen-bond donors (Lipinski definition) is 6. The second kappa shape index (κ2) is 6.52. The van der Waals surface area contributed by atoms with Crippen molar-refractivity contribution in [3.05, 3.63) is 46.6 Å². The fourth-order valence-electron chi connectivity index (χ4n) is 4.55. The second-order valence-corrected chi connectivity index (χ2v) is 7.15. The van der Waals surface area contributed by atoms with Gasteiger partial charge < -0.3 is 20.4 Å². The molecule has 6 nitrogen and oxygen atoms in total. The van der Waals surface area contributed by atoms with Crippen LogP contribution in [0.4, 0.5) is 0 Å². The summed E-state index contributed by atoms with van der Waals surface area (Å²) in [7, 11) is 0. The standard InChI is InChI=1S/C20H24N2O4/c23-17-13-9-5-1-3-7-11(15(13)19(25)21-17)12-8-4-2-6-10-14-16(12)20(26)22-18(14)24/h1-2,5-6,11-12,21-26H,3-4,7-10H2. The average Bonchev–Trinajstić information content (AvgIpc) is 2.96. The molecule has 2 aliphatic rings. The van der Waals surface area contributed by atoms with E-state index in [1.165, 1.54) is 0 Å². The molecule has 0 bridgehead atoms. The zero-order valence-electron chi connectivity index (χ0n) is 14.5. The molecule has 6 N–H and O–H groups in total. The molecule has 0 fully saturated rings. The van der Waals surface area contributed by atoms with E-state index in [0.29, 0.717) is 24.0 Å². The van der Waals surface area contributed by atoms with Crippen molar-refractivity contribution in [1.29, 1.82) is 0 Å². The molecule has 0 radical (unpaired) electrons. The van der Waals surface area contributed by atoms with Crippen molar-refractivity contribution in [2.75, 3.05) is 0 Å². The molecular formula is C20H24N2O4. The van der Waals surface area contributed by atoms with Crippen molar-refractivity contribution in [2.45, 2.75) is 50.4 Å². The van der Waals surface area contributed by atoms with Gasteiger partial charge in [-0.05, 0) is 50.4 Å². The largest absolute Gasteiger partial charge is 0.494 e. The summed E-state index contributed by atoms with van der Waals surface area (Å²) in [6, 6.07) is 0. The van der Waals surface area contributed by atoms with E-state index in [0.717, 1.165) is 36.8 Å². The van der Waals surface area contributed by atoms with Gasteiger partial charge in [0.2, 0.25) is 0 Å². The highest BCUT2D eigenvalue weighted by Crippen LogP contribution is 2.51. The first kappa shape index (κ1) is 16.7. The van der Waals surface area contributed by atoms with Crippen LogP contribution in [0.25, 0.3) is 0 Å². The van der Waals surface area contributed by atoms with Crippen LogP contribution in [0.3, 0.4) is 0 Å². The Morgan fingerprint density at radius 3 is 1.46 bits per heavy atom. The van der Waals surface area contributed by atoms with Gasteiger partial charge in [0.25, 0.3) is 0 Å². The fraction of sp³-hybridized carbons (Fsp3) is 0.400. The smallest absolute Gasteiger partial charge is 0.195 e. The van der Waals surface area contributed by atoms with Gasteiger partial charge >= 0.3 is 0 Å². The van der Waals surface area contributed by atoms with Crippen LogP contribution in [0.1, 0.15) is 59.8 Å². The maximum absolute atomic E-state index is 10.5. The summed E-state index contributed by atoms with van der Waals surface area (Å²) in [6.07, 6.45) is 12.6. The summed E-state index contributed by atoms with van der Waals surface area (Å²) in [6.45, 7) is 0. The van der Waals surface area contributed by atoms with Gasteiger partial charge in [0.15, 0.2) is 23.5 Å². The summed E-state index contributed by atoms with van der Waals surface area (Å²) in [4.78, 5) is 5.32. The molecule has 0 spiro atoms. The quantitative estimate of drug-likeness (QED) is 0.436. The minimum atomic E-state index is -0.0709. The molecule has 2 atom stereocenters. The highest BCUT2D eigenvalue weighted by molar-refractivity contribution is 5.53. The second-order valence-electron chi connectivity index (χ2n) is 7.15. The van der Waals surface area contributed by atoms with Crippen LogP contribution in [0, 0.1) is 0 Å². The van der Waals surface area contributed by atoms with Gasteiger partial charge in [-0.3, -0.25) is 9.97 Å². The summed E-state index contributed by atoms with van der Waals surface area (Å²) >= 11 is 0. The van der Waals surface area contributed by atoms with Crippen molar-refractivity contribution < 1.29 is 20.4 Å². The van der Waals surface area contributed by atoms with Gasteiger partial charge in [0.1, 0.15) is 0 Å². The van der Waals surface area contributed by atoms with Gasteiger partial charge in [-0.2, -0.15) is 0 Å². The number of allylic oxidation sites excluding steroid dienone is 4. The molecule has 4 rings (SSSR count). The van der Waals surface area contributed by atoms with Crippen LogP contribution in [0.2, 0.25) is 0 Å². The third-order valence-electron chi connectivity index (χ3n) is 5.70. The lowest BCUT2D eigenvalue weighted by Gasteiger charge is -2.29. The normalized spacial score (nSPS) is 22.8. The Kier molecular flexibility index (Phi) is 4.18. The van der Waals surface area contributed by atoms with Crippen LogP contribution >= 0.6 is 0 Å². The third-order valence-corrected chi connectivity index (χ3v) is 5.70. The highest BCUT2D eigenvalue weighted by atomic mass is 16.3. The zero-order chi connectivity index (χ0) is 18.3. The zero-order valence-corrected chi connectivity index (χ0v) is 14.5. The minimum absolute atomic E-state index is 0.00107. The first-order valence-corrected chi connectivity index (χ1v) is 9.13. The van der Waals surface area contributed by atoms with Crippen LogP contribution in [-0.2, 0) is 12.8 Å². The summed E-state index contributed by atoms with van der Waals surface area (Å²) in [5.74, 6) is -0.147. The Hall–Kier alpha value is -2.76. The SMILES string of the molecule is Oc1[nH]c(O)c2c1CC=CCCC2C1CCC=CCc2c(O)[nH]c(O)c21. The number of aromatic amines is 2. The predicted octanol–water partition coefficient (Wildman–Crippen LogP) is 3.82. The predicted molar refractivity (Wildman–Crippen MR) is 97.9 cm³/mol. The molecule has 6 heteroatoms. The van der Waals surface area contributed by atoms with E-state index in [-0.39, 0.29) is 35.4 Å². The fourth-order valence-corrected chi connectivity index (χ4v) is 4.55. The number of aromatic hydroxyl groups is 4. The molecular weight excluding hydrogens is 332 g/mol. The van der Waals surface area contributed by atoms with E-state index < -0.39 is 0 Å². The number of hydrogen-bond acceptors (Lipinski definition) is 4. The van der Waals surface area contributed by atoms with E-state index in [2.05, 4.69) is 22.1 Å². The van der Waals surface area contributed by atoms with E-state index in [1.807, 2.05) is 12.2 Å². The van der Waals surface area contributed by atoms with Gasteiger partial charge in [-0.1, -0.05) is 24.3 Å². The van der Waals surface area contributed by atoms with Crippen molar-refractivity contribution in [1.82, 2.24) is 9.97 Å². The molecule has 0 saturated heterocycles. The number of aromatic nitrogens is 2. The van der Waals surface area contributed by atoms with Crippen LogP contribution < -0.4 is 0 Å². The Balaban J connectivity index is 1.87. The topological polar surface area (TPSA) is 113 Å². The monoisotopic (exact) mass is 356 g/mol. The first-order chi connectivity index (χ1) is 12.6. The molecule has 0 amide bonds. The van der Waals surface area contributed by atoms with E-state index in [9.17, 15) is 20.4 Å². The van der Waals surface area contributed by atoms with Gasteiger partial charge in [0, 0.05) is 22.3 Å². The number of rotatable bonds is 1. The van der Waals surface area contributed by atoms with Gasteiger partial charge in [0.05, 0.1) is 0 Å². The maximum atomic E-state index is 10.5. The molecule has 2 aromatic rings. The lowest BCUT2D eigenvalue weighted by atomic mass is 9.73. The molecule has 2 aliphatic carbocycles. The van der Waals surface area contributed by atoms with Crippen LogP contribution in [0.5, 0.6) is 23.5 Å². The maximum Gasteiger partial charge on any atom is 0.195 e. The number of H-pyrrole nitrogens is 2. The Labute approximate surface area is 151 Å². The summed E-state index contributed by atoms with van der Waals surface area (Å²) in [5, 5.41) is 41.4. The molecule has 2 aromatic heterocycles. The molecule has 26 heavy (non-hydrogen) atoms. The van der Waals surface area contributed by atoms with Crippen LogP contribution in [-0.4, -0.2) is 30.4 Å². The molecule has 138 valence electrons. The minimum Gasteiger partial charge on any atom is -0.494 e. The first-order valence-electron chi connectivity index (χ1n) is 9.13. The number of fused-ring (bicyclic) bond motifs is 2. The Morgan fingerprint density at radius 2 is 1.04 bits per heavy atom. The van der Waals surface area contributed by atoms with Crippen molar-refractivity contribution in [2.24, 2.45) is 0 Å². The van der Waals surface area contributed by atoms with Crippen molar-refractivity contribution in [3.8, 4) is 23.5 Å². The lowest BCUT2D eigenvalue weighted by molar-refractivity contribution is 0.398. The van der Waals surface area contributed by atoms with E-state index >= 15 is 0 Å². The number of nitrogens with one attached hydrogen (secondary N) is 2. The molecule has 0 aliphatic heterocycles. The molecule has 2 heterocycles. The third kappa shape index (κ3) is 2.66. The van der Waals surface area contributed by atoms with Crippen LogP contribution in [0.15, 0.2) is 24.3 Å². The van der Waals surface area contributed by atoms with Gasteiger partial charge in [-0.15, -0.1) is 0 Å². The summed E-state index contributed by atoms with van der Waals surface area (Å²) in [5.41, 5.74) is 2.88. The average molecular weight is 356 g/mol. The van der Waals surface area contributed by atoms with Gasteiger partial charge in [-0.25, -0.2) is 0 Å². The van der Waals surface area contributed by atoms with E-state index in [1.54, 1.807) is 0 Å². The summed E-state index contributed by atoms with van der Waals surface area (Å²) < 4.78 is 0. The Morgan fingerprint density at radius 1 is 0.615 bits per heavy atom.